The van der Waals surface area contributed by atoms with Crippen LogP contribution in [0, 0.1) is 17.1 Å². The van der Waals surface area contributed by atoms with Crippen molar-refractivity contribution in [2.24, 2.45) is 0 Å². The van der Waals surface area contributed by atoms with E-state index in [-0.39, 0.29) is 5.82 Å². The molecule has 0 aliphatic carbocycles. The minimum atomic E-state index is -0.253. The van der Waals surface area contributed by atoms with E-state index in [4.69, 9.17) is 5.26 Å². The van der Waals surface area contributed by atoms with Gasteiger partial charge in [-0.15, -0.1) is 0 Å². The van der Waals surface area contributed by atoms with Crippen LogP contribution in [0.25, 0.3) is 0 Å². The van der Waals surface area contributed by atoms with Gasteiger partial charge in [-0.3, -0.25) is 0 Å². The smallest absolute Gasteiger partial charge is 0.128 e. The molecule has 17 heavy (non-hydrogen) atoms. The maximum absolute atomic E-state index is 13.3. The van der Waals surface area contributed by atoms with Gasteiger partial charge in [-0.2, -0.15) is 5.26 Å². The summed E-state index contributed by atoms with van der Waals surface area (Å²) in [7, 11) is 0. The van der Waals surface area contributed by atoms with Crippen molar-refractivity contribution in [3.63, 3.8) is 0 Å². The van der Waals surface area contributed by atoms with Crippen LogP contribution >= 0.6 is 0 Å². The Hall–Kier alpha value is -2.41. The van der Waals surface area contributed by atoms with Crippen molar-refractivity contribution < 1.29 is 4.39 Å². The average Bonchev–Trinajstić information content (AvgIpc) is 2.38. The predicted molar refractivity (Wildman–Crippen MR) is 62.7 cm³/mol. The van der Waals surface area contributed by atoms with Gasteiger partial charge in [-0.25, -0.2) is 9.37 Å². The molecular weight excluding hydrogens is 217 g/mol. The van der Waals surface area contributed by atoms with Crippen LogP contribution in [0.15, 0.2) is 42.6 Å². The van der Waals surface area contributed by atoms with E-state index in [1.165, 1.54) is 6.07 Å². The number of nitrogens with one attached hydrogen (secondary N) is 1. The van der Waals surface area contributed by atoms with Crippen molar-refractivity contribution in [1.29, 1.82) is 5.26 Å². The molecule has 2 aromatic rings. The van der Waals surface area contributed by atoms with Crippen molar-refractivity contribution in [3.8, 4) is 6.07 Å². The summed E-state index contributed by atoms with van der Waals surface area (Å²) in [5.41, 5.74) is 1.09. The van der Waals surface area contributed by atoms with Gasteiger partial charge in [-0.05, 0) is 18.2 Å². The van der Waals surface area contributed by atoms with Crippen molar-refractivity contribution in [2.75, 3.05) is 5.32 Å². The van der Waals surface area contributed by atoms with E-state index >= 15 is 0 Å². The lowest BCUT2D eigenvalue weighted by Gasteiger charge is -2.06. The molecule has 3 nitrogen and oxygen atoms in total. The fourth-order valence-electron chi connectivity index (χ4n) is 1.42. The molecule has 0 aliphatic heterocycles. The van der Waals surface area contributed by atoms with Crippen molar-refractivity contribution >= 4 is 5.82 Å². The van der Waals surface area contributed by atoms with Crippen molar-refractivity contribution in [3.05, 3.63) is 59.5 Å². The van der Waals surface area contributed by atoms with E-state index in [1.54, 1.807) is 36.5 Å². The topological polar surface area (TPSA) is 48.7 Å². The molecule has 4 heteroatoms. The molecule has 0 saturated heterocycles. The molecule has 0 spiro atoms. The number of rotatable bonds is 3. The number of halogens is 1. The Kier molecular flexibility index (Phi) is 3.31. The van der Waals surface area contributed by atoms with Gasteiger partial charge in [0.05, 0.1) is 11.6 Å². The lowest BCUT2D eigenvalue weighted by Crippen LogP contribution is -2.03. The molecule has 0 fully saturated rings. The highest BCUT2D eigenvalue weighted by Crippen LogP contribution is 2.10. The fraction of sp³-hybridized carbons (Fsp3) is 0.0769. The number of hydrogen-bond acceptors (Lipinski definition) is 3. The number of anilines is 1. The molecule has 2 rings (SSSR count). The van der Waals surface area contributed by atoms with Gasteiger partial charge in [0.15, 0.2) is 0 Å². The van der Waals surface area contributed by atoms with Gasteiger partial charge in [-0.1, -0.05) is 18.2 Å². The van der Waals surface area contributed by atoms with Gasteiger partial charge < -0.3 is 5.32 Å². The van der Waals surface area contributed by atoms with Crippen LogP contribution < -0.4 is 5.32 Å². The quantitative estimate of drug-likeness (QED) is 0.877. The fourth-order valence-corrected chi connectivity index (χ4v) is 1.42. The van der Waals surface area contributed by atoms with Gasteiger partial charge >= 0.3 is 0 Å². The first-order valence-electron chi connectivity index (χ1n) is 5.13. The van der Waals surface area contributed by atoms with Crippen molar-refractivity contribution in [2.45, 2.75) is 6.54 Å². The third-order valence-electron chi connectivity index (χ3n) is 2.31. The highest BCUT2D eigenvalue weighted by Gasteiger charge is 2.01. The summed E-state index contributed by atoms with van der Waals surface area (Å²) in [6.45, 7) is 0.342. The number of nitriles is 1. The average molecular weight is 227 g/mol. The molecular formula is C13H10FN3. The van der Waals surface area contributed by atoms with E-state index < -0.39 is 0 Å². The Balaban J connectivity index is 2.08. The lowest BCUT2D eigenvalue weighted by molar-refractivity contribution is 0.613. The molecule has 1 heterocycles. The summed E-state index contributed by atoms with van der Waals surface area (Å²) in [4.78, 5) is 4.05. The molecule has 0 radical (unpaired) electrons. The second-order valence-electron chi connectivity index (χ2n) is 3.49. The van der Waals surface area contributed by atoms with Gasteiger partial charge in [0.25, 0.3) is 0 Å². The Morgan fingerprint density at radius 3 is 2.88 bits per heavy atom. The lowest BCUT2D eigenvalue weighted by atomic mass is 10.2. The van der Waals surface area contributed by atoms with Gasteiger partial charge in [0.1, 0.15) is 11.6 Å². The van der Waals surface area contributed by atoms with Crippen LogP contribution in [0.2, 0.25) is 0 Å². The third kappa shape index (κ3) is 2.79. The maximum atomic E-state index is 13.3. The first-order valence-corrected chi connectivity index (χ1v) is 5.13. The molecule has 0 amide bonds. The number of nitrogens with zero attached hydrogens (tertiary/aromatic N) is 2. The first kappa shape index (κ1) is 11.1. The van der Waals surface area contributed by atoms with Crippen LogP contribution in [0.5, 0.6) is 0 Å². The molecule has 84 valence electrons. The zero-order chi connectivity index (χ0) is 12.1. The molecule has 0 unspecified atom stereocenters. The summed E-state index contributed by atoms with van der Waals surface area (Å²) in [5, 5.41) is 11.7. The first-order chi connectivity index (χ1) is 8.29. The largest absolute Gasteiger partial charge is 0.366 e. The molecule has 1 aromatic carbocycles. The Morgan fingerprint density at radius 1 is 1.29 bits per heavy atom. The Morgan fingerprint density at radius 2 is 2.12 bits per heavy atom. The summed E-state index contributed by atoms with van der Waals surface area (Å²) in [5.74, 6) is 0.309. The normalized spacial score (nSPS) is 9.65. The number of aromatic nitrogens is 1. The predicted octanol–water partition coefficient (Wildman–Crippen LogP) is 2.70. The molecule has 0 bridgehead atoms. The molecule has 0 atom stereocenters. The van der Waals surface area contributed by atoms with Crippen LogP contribution in [-0.2, 0) is 6.54 Å². The van der Waals surface area contributed by atoms with E-state index in [0.29, 0.717) is 23.5 Å². The summed E-state index contributed by atoms with van der Waals surface area (Å²) in [6.07, 6.45) is 1.54. The van der Waals surface area contributed by atoms with Crippen LogP contribution in [0.1, 0.15) is 11.1 Å². The minimum Gasteiger partial charge on any atom is -0.366 e. The third-order valence-corrected chi connectivity index (χ3v) is 2.31. The second-order valence-corrected chi connectivity index (χ2v) is 3.49. The van der Waals surface area contributed by atoms with Gasteiger partial charge in [0, 0.05) is 18.3 Å². The number of hydrogen-bond donors (Lipinski definition) is 1. The SMILES string of the molecule is N#Cc1ccnc(NCc2ccccc2F)c1. The van der Waals surface area contributed by atoms with Crippen LogP contribution in [0.3, 0.4) is 0 Å². The van der Waals surface area contributed by atoms with E-state index in [9.17, 15) is 4.39 Å². The number of benzene rings is 1. The highest BCUT2D eigenvalue weighted by molar-refractivity contribution is 5.42. The number of pyridine rings is 1. The monoisotopic (exact) mass is 227 g/mol. The van der Waals surface area contributed by atoms with E-state index in [1.807, 2.05) is 6.07 Å². The summed E-state index contributed by atoms with van der Waals surface area (Å²) < 4.78 is 13.3. The standard InChI is InChI=1S/C13H10FN3/c14-12-4-2-1-3-11(12)9-17-13-7-10(8-15)5-6-16-13/h1-7H,9H2,(H,16,17). The van der Waals surface area contributed by atoms with Crippen molar-refractivity contribution in [1.82, 2.24) is 4.98 Å². The van der Waals surface area contributed by atoms with Gasteiger partial charge in [0.2, 0.25) is 0 Å². The maximum Gasteiger partial charge on any atom is 0.128 e. The molecule has 0 aliphatic rings. The molecule has 1 aromatic heterocycles. The Bertz CT molecular complexity index is 561. The highest BCUT2D eigenvalue weighted by atomic mass is 19.1. The van der Waals surface area contributed by atoms with E-state index in [0.717, 1.165) is 0 Å². The van der Waals surface area contributed by atoms with E-state index in [2.05, 4.69) is 10.3 Å². The Labute approximate surface area is 98.5 Å². The summed E-state index contributed by atoms with van der Waals surface area (Å²) >= 11 is 0. The van der Waals surface area contributed by atoms with Crippen LogP contribution in [-0.4, -0.2) is 4.98 Å². The van der Waals surface area contributed by atoms with Crippen LogP contribution in [0.4, 0.5) is 10.2 Å². The second kappa shape index (κ2) is 5.08. The summed E-state index contributed by atoms with van der Waals surface area (Å²) in [6, 6.07) is 11.8. The molecule has 1 N–H and O–H groups in total. The molecule has 0 saturated carbocycles. The zero-order valence-electron chi connectivity index (χ0n) is 9.02. The minimum absolute atomic E-state index is 0.253. The zero-order valence-corrected chi connectivity index (χ0v) is 9.02.